The molecule has 1 aliphatic heterocycles. The monoisotopic (exact) mass is 682 g/mol. The Hall–Kier alpha value is -4.64. The molecule has 0 spiro atoms. The average Bonchev–Trinajstić information content (AvgIpc) is 3.30. The Morgan fingerprint density at radius 3 is 1.51 bits per heavy atom. The molecular weight excluding hydrogens is 648 g/mol. The average molecular weight is 683 g/mol. The van der Waals surface area contributed by atoms with Crippen LogP contribution in [0.15, 0.2) is 133 Å². The van der Waals surface area contributed by atoms with Crippen LogP contribution >= 0.6 is 0 Å². The van der Waals surface area contributed by atoms with Crippen LogP contribution in [0, 0.1) is 0 Å². The molecule has 1 fully saturated rings. The van der Waals surface area contributed by atoms with Gasteiger partial charge in [-0.1, -0.05) is 115 Å². The summed E-state index contributed by atoms with van der Waals surface area (Å²) in [5.41, 5.74) is -1.41. The van der Waals surface area contributed by atoms with E-state index in [4.69, 9.17) is 9.31 Å². The topological polar surface area (TPSA) is 61.8 Å². The molecule has 6 aromatic carbocycles. The first-order valence-electron chi connectivity index (χ1n) is 15.7. The third-order valence-corrected chi connectivity index (χ3v) is 9.89. The second-order valence-corrected chi connectivity index (χ2v) is 14.3. The minimum atomic E-state index is -5.74. The molecule has 0 atom stereocenters. The summed E-state index contributed by atoms with van der Waals surface area (Å²) >= 11 is 0. The molecule has 49 heavy (non-hydrogen) atoms. The fourth-order valence-electron chi connectivity index (χ4n) is 5.61. The van der Waals surface area contributed by atoms with Crippen LogP contribution in [0.2, 0.25) is 0 Å². The standard InChI is InChI=1S/C22H23BO2.C17H11F3O3S/c1-21(2)22(3,4)25-23(24-21)20-15-18(16-10-6-5-7-11-16)14-17-12-8-9-13-19(17)20;18-17(19,20)24(21,22)23-16-11-14(12-6-2-1-3-7-12)10-13-8-4-5-9-15(13)16/h5-15H,1-4H3;1-11H. The highest BCUT2D eigenvalue weighted by molar-refractivity contribution is 7.88. The molecule has 0 amide bonds. The molecule has 0 aromatic heterocycles. The zero-order valence-corrected chi connectivity index (χ0v) is 28.2. The first kappa shape index (κ1) is 34.2. The summed E-state index contributed by atoms with van der Waals surface area (Å²) in [5, 5.41) is 3.24. The van der Waals surface area contributed by atoms with Crippen molar-refractivity contribution in [1.82, 2.24) is 0 Å². The maximum atomic E-state index is 12.6. The molecule has 0 bridgehead atoms. The molecule has 10 heteroatoms. The number of hydrogen-bond acceptors (Lipinski definition) is 5. The Labute approximate surface area is 284 Å². The fourth-order valence-corrected chi connectivity index (χ4v) is 6.08. The molecule has 5 nitrogen and oxygen atoms in total. The van der Waals surface area contributed by atoms with Crippen molar-refractivity contribution >= 4 is 44.2 Å². The van der Waals surface area contributed by atoms with Gasteiger partial charge in [0.05, 0.1) is 11.2 Å². The van der Waals surface area contributed by atoms with Crippen LogP contribution in [0.4, 0.5) is 13.2 Å². The van der Waals surface area contributed by atoms with Crippen molar-refractivity contribution in [3.63, 3.8) is 0 Å². The van der Waals surface area contributed by atoms with E-state index in [1.54, 1.807) is 54.6 Å². The van der Waals surface area contributed by atoms with Crippen LogP contribution in [0.5, 0.6) is 5.75 Å². The maximum absolute atomic E-state index is 12.6. The molecule has 0 unspecified atom stereocenters. The predicted molar refractivity (Wildman–Crippen MR) is 190 cm³/mol. The van der Waals surface area contributed by atoms with Crippen LogP contribution < -0.4 is 9.65 Å². The first-order valence-corrected chi connectivity index (χ1v) is 17.1. The maximum Gasteiger partial charge on any atom is 0.534 e. The minimum absolute atomic E-state index is 0.282. The summed E-state index contributed by atoms with van der Waals surface area (Å²) in [7, 11) is -6.10. The van der Waals surface area contributed by atoms with Crippen molar-refractivity contribution in [2.75, 3.05) is 0 Å². The van der Waals surface area contributed by atoms with E-state index in [-0.39, 0.29) is 29.5 Å². The third-order valence-electron chi connectivity index (χ3n) is 8.92. The normalized spacial score (nSPS) is 15.5. The Kier molecular flexibility index (Phi) is 9.09. The van der Waals surface area contributed by atoms with E-state index in [1.165, 1.54) is 34.0 Å². The van der Waals surface area contributed by atoms with E-state index < -0.39 is 15.6 Å². The van der Waals surface area contributed by atoms with E-state index >= 15 is 0 Å². The van der Waals surface area contributed by atoms with Gasteiger partial charge in [-0.2, -0.15) is 21.6 Å². The Morgan fingerprint density at radius 1 is 0.571 bits per heavy atom. The van der Waals surface area contributed by atoms with Crippen LogP contribution in [-0.2, 0) is 19.4 Å². The summed E-state index contributed by atoms with van der Waals surface area (Å²) in [6, 6.07) is 41.8. The largest absolute Gasteiger partial charge is 0.534 e. The van der Waals surface area contributed by atoms with Gasteiger partial charge in [-0.25, -0.2) is 0 Å². The third kappa shape index (κ3) is 7.08. The highest BCUT2D eigenvalue weighted by Crippen LogP contribution is 2.38. The van der Waals surface area contributed by atoms with Gasteiger partial charge in [0.15, 0.2) is 5.75 Å². The Morgan fingerprint density at radius 2 is 1.00 bits per heavy atom. The zero-order valence-electron chi connectivity index (χ0n) is 27.4. The zero-order chi connectivity index (χ0) is 35.0. The molecule has 1 heterocycles. The minimum Gasteiger partial charge on any atom is -0.399 e. The van der Waals surface area contributed by atoms with Crippen molar-refractivity contribution in [3.05, 3.63) is 133 Å². The van der Waals surface area contributed by atoms with Crippen LogP contribution in [0.25, 0.3) is 43.8 Å². The number of alkyl halides is 3. The van der Waals surface area contributed by atoms with E-state index in [9.17, 15) is 21.6 Å². The van der Waals surface area contributed by atoms with Gasteiger partial charge in [0.1, 0.15) is 0 Å². The fraction of sp³-hybridized carbons (Fsp3) is 0.179. The summed E-state index contributed by atoms with van der Waals surface area (Å²) < 4.78 is 77.7. The smallest absolute Gasteiger partial charge is 0.399 e. The second kappa shape index (κ2) is 13.0. The Balaban J connectivity index is 0.000000170. The number of fused-ring (bicyclic) bond motifs is 2. The van der Waals surface area contributed by atoms with Gasteiger partial charge in [0.25, 0.3) is 0 Å². The Bertz CT molecular complexity index is 2210. The van der Waals surface area contributed by atoms with Crippen molar-refractivity contribution in [2.45, 2.75) is 44.4 Å². The molecule has 250 valence electrons. The molecule has 1 aliphatic rings. The van der Waals surface area contributed by atoms with Crippen LogP contribution in [0.1, 0.15) is 27.7 Å². The molecule has 0 saturated carbocycles. The predicted octanol–water partition coefficient (Wildman–Crippen LogP) is 9.54. The van der Waals surface area contributed by atoms with Gasteiger partial charge >= 0.3 is 22.7 Å². The van der Waals surface area contributed by atoms with E-state index in [1.807, 2.05) is 6.07 Å². The van der Waals surface area contributed by atoms with Gasteiger partial charge in [-0.3, -0.25) is 0 Å². The molecule has 0 aliphatic carbocycles. The van der Waals surface area contributed by atoms with Gasteiger partial charge in [-0.05, 0) is 89.8 Å². The quantitative estimate of drug-likeness (QED) is 0.103. The lowest BCUT2D eigenvalue weighted by Gasteiger charge is -2.32. The summed E-state index contributed by atoms with van der Waals surface area (Å²) in [5.74, 6) is -0.357. The van der Waals surface area contributed by atoms with Gasteiger partial charge in [0.2, 0.25) is 0 Å². The van der Waals surface area contributed by atoms with Crippen molar-refractivity contribution in [3.8, 4) is 28.0 Å². The lowest BCUT2D eigenvalue weighted by Crippen LogP contribution is -2.41. The lowest BCUT2D eigenvalue weighted by molar-refractivity contribution is -0.0499. The van der Waals surface area contributed by atoms with Crippen molar-refractivity contribution < 1.29 is 35.1 Å². The molecule has 0 N–H and O–H groups in total. The highest BCUT2D eigenvalue weighted by atomic mass is 32.2. The molecule has 1 saturated heterocycles. The summed E-state index contributed by atoms with van der Waals surface area (Å²) in [4.78, 5) is 0. The van der Waals surface area contributed by atoms with Gasteiger partial charge < -0.3 is 13.5 Å². The first-order chi connectivity index (χ1) is 23.2. The molecule has 0 radical (unpaired) electrons. The number of hydrogen-bond donors (Lipinski definition) is 0. The highest BCUT2D eigenvalue weighted by Gasteiger charge is 2.52. The number of halogens is 3. The van der Waals surface area contributed by atoms with E-state index in [2.05, 4.69) is 92.5 Å². The van der Waals surface area contributed by atoms with E-state index in [0.717, 1.165) is 11.0 Å². The second-order valence-electron chi connectivity index (χ2n) is 12.8. The van der Waals surface area contributed by atoms with E-state index in [0.29, 0.717) is 10.9 Å². The van der Waals surface area contributed by atoms with Crippen molar-refractivity contribution in [2.24, 2.45) is 0 Å². The van der Waals surface area contributed by atoms with Gasteiger partial charge in [-0.15, -0.1) is 0 Å². The SMILES string of the molecule is CC1(C)OB(c2cc(-c3ccccc3)cc3ccccc23)OC1(C)C.O=S(=O)(Oc1cc(-c2ccccc2)cc2ccccc12)C(F)(F)F. The molecular formula is C39H34BF3O5S. The number of rotatable bonds is 5. The summed E-state index contributed by atoms with van der Waals surface area (Å²) in [6.07, 6.45) is 0. The molecule has 7 rings (SSSR count). The lowest BCUT2D eigenvalue weighted by atomic mass is 9.74. The number of benzene rings is 6. The van der Waals surface area contributed by atoms with Crippen LogP contribution in [0.3, 0.4) is 0 Å². The summed E-state index contributed by atoms with van der Waals surface area (Å²) in [6.45, 7) is 8.37. The van der Waals surface area contributed by atoms with Gasteiger partial charge in [0, 0.05) is 5.39 Å². The molecule has 6 aromatic rings. The van der Waals surface area contributed by atoms with Crippen molar-refractivity contribution in [1.29, 1.82) is 0 Å². The van der Waals surface area contributed by atoms with Crippen LogP contribution in [-0.4, -0.2) is 32.2 Å².